The molecular formula is C30H25BN2O2. The van der Waals surface area contributed by atoms with Gasteiger partial charge in [0.1, 0.15) is 5.75 Å². The predicted molar refractivity (Wildman–Crippen MR) is 146 cm³/mol. The average molecular weight is 456 g/mol. The second kappa shape index (κ2) is 10.6. The van der Waals surface area contributed by atoms with Crippen LogP contribution in [0.5, 0.6) is 5.75 Å². The van der Waals surface area contributed by atoms with E-state index in [1.807, 2.05) is 84.9 Å². The van der Waals surface area contributed by atoms with Gasteiger partial charge in [0.05, 0.1) is 11.4 Å². The lowest BCUT2D eigenvalue weighted by molar-refractivity contribution is 0.454. The molecular weight excluding hydrogens is 431 g/mol. The fourth-order valence-electron chi connectivity index (χ4n) is 4.19. The van der Waals surface area contributed by atoms with Crippen LogP contribution in [-0.4, -0.2) is 12.7 Å². The topological polar surface area (TPSA) is 35.9 Å². The Morgan fingerprint density at radius 3 is 1.03 bits per heavy atom. The summed E-state index contributed by atoms with van der Waals surface area (Å²) in [7, 11) is -0.407. The van der Waals surface area contributed by atoms with E-state index in [9.17, 15) is 5.02 Å². The maximum absolute atomic E-state index is 9.60. The first-order valence-corrected chi connectivity index (χ1v) is 11.5. The number of benzene rings is 5. The van der Waals surface area contributed by atoms with Crippen molar-refractivity contribution in [2.24, 2.45) is 0 Å². The Hall–Kier alpha value is -4.48. The number of rotatable bonds is 8. The molecule has 0 fully saturated rings. The molecule has 0 bridgehead atoms. The first-order valence-electron chi connectivity index (χ1n) is 11.5. The van der Waals surface area contributed by atoms with Crippen molar-refractivity contribution in [3.63, 3.8) is 0 Å². The predicted octanol–water partition coefficient (Wildman–Crippen LogP) is 7.26. The third-order valence-electron chi connectivity index (χ3n) is 5.68. The molecule has 5 aromatic rings. The van der Waals surface area contributed by atoms with Crippen LogP contribution in [0.1, 0.15) is 0 Å². The second-order valence-corrected chi connectivity index (χ2v) is 7.97. The Bertz CT molecular complexity index is 1170. The van der Waals surface area contributed by atoms with E-state index in [1.54, 1.807) is 0 Å². The van der Waals surface area contributed by atoms with E-state index >= 15 is 0 Å². The van der Waals surface area contributed by atoms with Gasteiger partial charge in [-0.3, -0.25) is 0 Å². The van der Waals surface area contributed by atoms with Gasteiger partial charge in [0.25, 0.3) is 0 Å². The van der Waals surface area contributed by atoms with Crippen molar-refractivity contribution >= 4 is 41.8 Å². The molecule has 35 heavy (non-hydrogen) atoms. The molecule has 0 aliphatic heterocycles. The molecule has 5 heteroatoms. The minimum Gasteiger partial charge on any atom is -0.539 e. The summed E-state index contributed by atoms with van der Waals surface area (Å²) in [6, 6.07) is 47.0. The van der Waals surface area contributed by atoms with Gasteiger partial charge in [0, 0.05) is 34.9 Å². The van der Waals surface area contributed by atoms with E-state index in [1.165, 1.54) is 0 Å². The van der Waals surface area contributed by atoms with Crippen LogP contribution in [0.15, 0.2) is 140 Å². The van der Waals surface area contributed by atoms with Crippen molar-refractivity contribution in [1.29, 1.82) is 0 Å². The highest BCUT2D eigenvalue weighted by Crippen LogP contribution is 2.42. The third kappa shape index (κ3) is 5.05. The highest BCUT2D eigenvalue weighted by atomic mass is 16.5. The van der Waals surface area contributed by atoms with Crippen LogP contribution in [0.25, 0.3) is 0 Å². The Morgan fingerprint density at radius 1 is 0.429 bits per heavy atom. The molecule has 0 unspecified atom stereocenters. The standard InChI is InChI=1S/C30H25BN2O2/c34-31-35-30-22-28(32(24-13-5-1-6-14-24)25-15-7-2-8-16-25)21-29(23-30)33(26-17-9-3-10-18-26)27-19-11-4-12-20-27/h1-23,31,34H. The monoisotopic (exact) mass is 456 g/mol. The van der Waals surface area contributed by atoms with Crippen LogP contribution in [0, 0.1) is 0 Å². The minimum absolute atomic E-state index is 0.407. The smallest absolute Gasteiger partial charge is 0.504 e. The van der Waals surface area contributed by atoms with Gasteiger partial charge in [-0.15, -0.1) is 0 Å². The summed E-state index contributed by atoms with van der Waals surface area (Å²) in [4.78, 5) is 4.36. The lowest BCUT2D eigenvalue weighted by Crippen LogP contribution is -2.14. The highest BCUT2D eigenvalue weighted by molar-refractivity contribution is 6.17. The molecule has 0 saturated heterocycles. The Balaban J connectivity index is 1.72. The maximum Gasteiger partial charge on any atom is 0.504 e. The first kappa shape index (κ1) is 22.3. The summed E-state index contributed by atoms with van der Waals surface area (Å²) >= 11 is 0. The molecule has 170 valence electrons. The molecule has 0 atom stereocenters. The molecule has 4 nitrogen and oxygen atoms in total. The molecule has 5 aromatic carbocycles. The first-order chi connectivity index (χ1) is 17.3. The van der Waals surface area contributed by atoms with Crippen LogP contribution in [-0.2, 0) is 0 Å². The zero-order chi connectivity index (χ0) is 23.9. The van der Waals surface area contributed by atoms with E-state index in [2.05, 4.69) is 64.4 Å². The van der Waals surface area contributed by atoms with Crippen LogP contribution in [0.2, 0.25) is 0 Å². The van der Waals surface area contributed by atoms with Crippen LogP contribution in [0.3, 0.4) is 0 Å². The van der Waals surface area contributed by atoms with Crippen molar-refractivity contribution < 1.29 is 9.68 Å². The largest absolute Gasteiger partial charge is 0.539 e. The summed E-state index contributed by atoms with van der Waals surface area (Å²) in [6.45, 7) is 0. The van der Waals surface area contributed by atoms with Crippen LogP contribution in [0.4, 0.5) is 34.1 Å². The van der Waals surface area contributed by atoms with E-state index < -0.39 is 7.69 Å². The van der Waals surface area contributed by atoms with Crippen molar-refractivity contribution in [2.45, 2.75) is 0 Å². The number of hydrogen-bond donors (Lipinski definition) is 1. The molecule has 0 spiro atoms. The van der Waals surface area contributed by atoms with Crippen LogP contribution < -0.4 is 14.5 Å². The molecule has 0 aromatic heterocycles. The summed E-state index contributed by atoms with van der Waals surface area (Å²) < 4.78 is 5.63. The van der Waals surface area contributed by atoms with Gasteiger partial charge in [0.15, 0.2) is 0 Å². The summed E-state index contributed by atoms with van der Waals surface area (Å²) in [5, 5.41) is 9.60. The van der Waals surface area contributed by atoms with Gasteiger partial charge < -0.3 is 19.5 Å². The number of anilines is 6. The van der Waals surface area contributed by atoms with Crippen LogP contribution >= 0.6 is 0 Å². The fourth-order valence-corrected chi connectivity index (χ4v) is 4.19. The van der Waals surface area contributed by atoms with Gasteiger partial charge in [-0.05, 0) is 54.6 Å². The molecule has 0 saturated carbocycles. The molecule has 0 aliphatic carbocycles. The molecule has 1 N–H and O–H groups in total. The van der Waals surface area contributed by atoms with E-state index in [0.717, 1.165) is 34.1 Å². The van der Waals surface area contributed by atoms with Gasteiger partial charge in [-0.1, -0.05) is 72.8 Å². The van der Waals surface area contributed by atoms with Gasteiger partial charge >= 0.3 is 7.69 Å². The van der Waals surface area contributed by atoms with E-state index in [4.69, 9.17) is 4.65 Å². The van der Waals surface area contributed by atoms with Gasteiger partial charge in [0.2, 0.25) is 0 Å². The minimum atomic E-state index is -0.407. The molecule has 0 heterocycles. The normalized spacial score (nSPS) is 10.4. The highest BCUT2D eigenvalue weighted by Gasteiger charge is 2.18. The third-order valence-corrected chi connectivity index (χ3v) is 5.68. The second-order valence-electron chi connectivity index (χ2n) is 7.97. The lowest BCUT2D eigenvalue weighted by atomic mass is 10.1. The van der Waals surface area contributed by atoms with Crippen molar-refractivity contribution in [1.82, 2.24) is 0 Å². The Morgan fingerprint density at radius 2 is 0.743 bits per heavy atom. The molecule has 5 rings (SSSR count). The summed E-state index contributed by atoms with van der Waals surface area (Å²) in [5.74, 6) is 0.578. The summed E-state index contributed by atoms with van der Waals surface area (Å²) in [6.07, 6.45) is 0. The number of nitrogens with zero attached hydrogens (tertiary/aromatic N) is 2. The Labute approximate surface area is 206 Å². The molecule has 0 amide bonds. The lowest BCUT2D eigenvalue weighted by Gasteiger charge is -2.30. The van der Waals surface area contributed by atoms with Crippen molar-refractivity contribution in [3.05, 3.63) is 140 Å². The Kier molecular flexibility index (Phi) is 6.78. The quantitative estimate of drug-likeness (QED) is 0.249. The maximum atomic E-state index is 9.60. The number of hydrogen-bond acceptors (Lipinski definition) is 4. The summed E-state index contributed by atoms with van der Waals surface area (Å²) in [5.41, 5.74) is 5.93. The van der Waals surface area contributed by atoms with E-state index in [0.29, 0.717) is 5.75 Å². The fraction of sp³-hybridized carbons (Fsp3) is 0. The SMILES string of the molecule is OBOc1cc(N(c2ccccc2)c2ccccc2)cc(N(c2ccccc2)c2ccccc2)c1. The molecule has 0 radical (unpaired) electrons. The average Bonchev–Trinajstić information content (AvgIpc) is 2.92. The van der Waals surface area contributed by atoms with Crippen molar-refractivity contribution in [3.8, 4) is 5.75 Å². The molecule has 0 aliphatic rings. The van der Waals surface area contributed by atoms with E-state index in [-0.39, 0.29) is 0 Å². The van der Waals surface area contributed by atoms with Gasteiger partial charge in [-0.25, -0.2) is 0 Å². The van der Waals surface area contributed by atoms with Crippen molar-refractivity contribution in [2.75, 3.05) is 9.80 Å². The zero-order valence-electron chi connectivity index (χ0n) is 19.2. The van der Waals surface area contributed by atoms with Gasteiger partial charge in [-0.2, -0.15) is 0 Å². The number of para-hydroxylation sites is 4. The zero-order valence-corrected chi connectivity index (χ0v) is 19.2.